The molecule has 144 valence electrons. The lowest BCUT2D eigenvalue weighted by molar-refractivity contribution is -0.0260. The number of carbonyl (C=O) groups excluding carboxylic acids is 1. The number of halogens is 2. The van der Waals surface area contributed by atoms with Crippen molar-refractivity contribution in [2.24, 2.45) is 0 Å². The van der Waals surface area contributed by atoms with Crippen molar-refractivity contribution in [2.75, 3.05) is 25.4 Å². The molecule has 0 unspecified atom stereocenters. The number of nitrogens with two attached hydrogens (primary N) is 1. The number of Topliss-reactive ketones (excluding diaryl/α,β-unsaturated/α-hetero) is 1. The third kappa shape index (κ3) is 4.86. The van der Waals surface area contributed by atoms with Crippen LogP contribution in [0.2, 0.25) is 5.02 Å². The summed E-state index contributed by atoms with van der Waals surface area (Å²) in [6.07, 6.45) is 2.21. The smallest absolute Gasteiger partial charge is 0.165 e. The van der Waals surface area contributed by atoms with Crippen LogP contribution in [0.5, 0.6) is 0 Å². The molecule has 2 aromatic carbocycles. The lowest BCUT2D eigenvalue weighted by atomic mass is 9.84. The number of piperidine rings is 1. The molecule has 1 aliphatic heterocycles. The Balaban J connectivity index is 1.47. The van der Waals surface area contributed by atoms with E-state index >= 15 is 0 Å². The lowest BCUT2D eigenvalue weighted by Gasteiger charge is -2.38. The lowest BCUT2D eigenvalue weighted by Crippen LogP contribution is -2.42. The average molecular weight is 391 g/mol. The number of rotatable bonds is 6. The van der Waals surface area contributed by atoms with Gasteiger partial charge in [0.05, 0.1) is 11.2 Å². The number of carbonyl (C=O) groups is 1. The van der Waals surface area contributed by atoms with E-state index in [1.54, 1.807) is 18.2 Å². The molecule has 0 spiro atoms. The van der Waals surface area contributed by atoms with Gasteiger partial charge in [0.15, 0.2) is 5.78 Å². The standard InChI is InChI=1S/C21H24ClFN2O2/c22-16-5-3-15(4-6-16)21(27)9-12-25(13-10-21)11-1-2-20(26)18-8-7-17(24)14-19(18)23/h3-8,14,27H,1-2,9-13,24H2. The Labute approximate surface area is 163 Å². The van der Waals surface area contributed by atoms with Crippen LogP contribution >= 0.6 is 11.6 Å². The number of anilines is 1. The number of aliphatic hydroxyl groups is 1. The summed E-state index contributed by atoms with van der Waals surface area (Å²) in [5.41, 5.74) is 5.98. The molecule has 1 saturated heterocycles. The summed E-state index contributed by atoms with van der Waals surface area (Å²) in [5.74, 6) is -0.770. The highest BCUT2D eigenvalue weighted by Crippen LogP contribution is 2.33. The first kappa shape index (κ1) is 19.8. The van der Waals surface area contributed by atoms with E-state index < -0.39 is 11.4 Å². The Kier molecular flexibility index (Phi) is 6.15. The van der Waals surface area contributed by atoms with Crippen LogP contribution < -0.4 is 5.73 Å². The van der Waals surface area contributed by atoms with Crippen molar-refractivity contribution >= 4 is 23.1 Å². The van der Waals surface area contributed by atoms with E-state index in [2.05, 4.69) is 4.90 Å². The maximum absolute atomic E-state index is 13.8. The minimum absolute atomic E-state index is 0.0972. The van der Waals surface area contributed by atoms with Crippen molar-refractivity contribution in [3.8, 4) is 0 Å². The number of hydrogen-bond acceptors (Lipinski definition) is 4. The van der Waals surface area contributed by atoms with Crippen molar-refractivity contribution in [1.29, 1.82) is 0 Å². The average Bonchev–Trinajstić information content (AvgIpc) is 2.64. The molecule has 0 aliphatic carbocycles. The van der Waals surface area contributed by atoms with E-state index in [0.29, 0.717) is 36.4 Å². The van der Waals surface area contributed by atoms with Gasteiger partial charge in [-0.2, -0.15) is 0 Å². The van der Waals surface area contributed by atoms with Crippen LogP contribution in [0.1, 0.15) is 41.6 Å². The van der Waals surface area contributed by atoms with Crippen molar-refractivity contribution in [1.82, 2.24) is 4.90 Å². The maximum atomic E-state index is 13.8. The predicted octanol–water partition coefficient (Wildman–Crippen LogP) is 4.01. The number of nitrogens with zero attached hydrogens (tertiary/aromatic N) is 1. The van der Waals surface area contributed by atoms with Gasteiger partial charge in [-0.3, -0.25) is 4.79 Å². The minimum atomic E-state index is -0.829. The highest BCUT2D eigenvalue weighted by atomic mass is 35.5. The number of benzene rings is 2. The van der Waals surface area contributed by atoms with E-state index in [9.17, 15) is 14.3 Å². The van der Waals surface area contributed by atoms with Crippen molar-refractivity contribution in [3.05, 3.63) is 64.4 Å². The SMILES string of the molecule is Nc1ccc(C(=O)CCCN2CCC(O)(c3ccc(Cl)cc3)CC2)c(F)c1. The Morgan fingerprint density at radius 2 is 1.85 bits per heavy atom. The zero-order valence-electron chi connectivity index (χ0n) is 15.1. The van der Waals surface area contributed by atoms with Gasteiger partial charge in [-0.25, -0.2) is 4.39 Å². The second kappa shape index (κ2) is 8.38. The fourth-order valence-corrected chi connectivity index (χ4v) is 3.68. The summed E-state index contributed by atoms with van der Waals surface area (Å²) in [7, 11) is 0. The first-order chi connectivity index (χ1) is 12.9. The molecule has 0 saturated carbocycles. The van der Waals surface area contributed by atoms with Gasteiger partial charge in [0.2, 0.25) is 0 Å². The van der Waals surface area contributed by atoms with E-state index in [1.165, 1.54) is 12.1 Å². The summed E-state index contributed by atoms with van der Waals surface area (Å²) in [5, 5.41) is 11.5. The Bertz CT molecular complexity index is 802. The van der Waals surface area contributed by atoms with Crippen LogP contribution in [0.15, 0.2) is 42.5 Å². The Morgan fingerprint density at radius 1 is 1.19 bits per heavy atom. The van der Waals surface area contributed by atoms with E-state index in [4.69, 9.17) is 17.3 Å². The normalized spacial score (nSPS) is 17.0. The van der Waals surface area contributed by atoms with Crippen LogP contribution in [-0.2, 0) is 5.60 Å². The van der Waals surface area contributed by atoms with Gasteiger partial charge in [-0.15, -0.1) is 0 Å². The molecule has 2 aromatic rings. The van der Waals surface area contributed by atoms with Crippen LogP contribution in [0.4, 0.5) is 10.1 Å². The molecule has 1 fully saturated rings. The second-order valence-corrected chi connectivity index (χ2v) is 7.58. The molecule has 1 aliphatic rings. The quantitative estimate of drug-likeness (QED) is 0.577. The highest BCUT2D eigenvalue weighted by Gasteiger charge is 2.33. The molecule has 0 radical (unpaired) electrons. The third-order valence-electron chi connectivity index (χ3n) is 5.24. The number of likely N-dealkylation sites (tertiary alicyclic amines) is 1. The van der Waals surface area contributed by atoms with Crippen LogP contribution in [0.3, 0.4) is 0 Å². The molecular weight excluding hydrogens is 367 g/mol. The first-order valence-corrected chi connectivity index (χ1v) is 9.54. The van der Waals surface area contributed by atoms with Gasteiger partial charge in [-0.1, -0.05) is 23.7 Å². The van der Waals surface area contributed by atoms with Crippen molar-refractivity contribution < 1.29 is 14.3 Å². The molecule has 0 aromatic heterocycles. The highest BCUT2D eigenvalue weighted by molar-refractivity contribution is 6.30. The predicted molar refractivity (Wildman–Crippen MR) is 105 cm³/mol. The van der Waals surface area contributed by atoms with E-state index in [0.717, 1.165) is 25.2 Å². The molecule has 4 nitrogen and oxygen atoms in total. The van der Waals surface area contributed by atoms with Gasteiger partial charge < -0.3 is 15.7 Å². The van der Waals surface area contributed by atoms with Gasteiger partial charge in [0.25, 0.3) is 0 Å². The number of nitrogen functional groups attached to an aromatic ring is 1. The van der Waals surface area contributed by atoms with Gasteiger partial charge >= 0.3 is 0 Å². The minimum Gasteiger partial charge on any atom is -0.399 e. The summed E-state index contributed by atoms with van der Waals surface area (Å²) in [6, 6.07) is 11.5. The number of ketones is 1. The molecule has 3 N–H and O–H groups in total. The fraction of sp³-hybridized carbons (Fsp3) is 0.381. The van der Waals surface area contributed by atoms with Crippen LogP contribution in [-0.4, -0.2) is 35.4 Å². The van der Waals surface area contributed by atoms with Gasteiger partial charge in [-0.05, 0) is 61.7 Å². The van der Waals surface area contributed by atoms with E-state index in [-0.39, 0.29) is 11.3 Å². The monoisotopic (exact) mass is 390 g/mol. The summed E-state index contributed by atoms with van der Waals surface area (Å²) in [6.45, 7) is 2.26. The maximum Gasteiger partial charge on any atom is 0.165 e. The third-order valence-corrected chi connectivity index (χ3v) is 5.49. The largest absolute Gasteiger partial charge is 0.399 e. The molecular formula is C21H24ClFN2O2. The summed E-state index contributed by atoms with van der Waals surface area (Å²) < 4.78 is 13.8. The molecule has 1 heterocycles. The summed E-state index contributed by atoms with van der Waals surface area (Å²) >= 11 is 5.92. The molecule has 0 bridgehead atoms. The Hall–Kier alpha value is -1.95. The Morgan fingerprint density at radius 3 is 2.48 bits per heavy atom. The van der Waals surface area contributed by atoms with Crippen molar-refractivity contribution in [3.63, 3.8) is 0 Å². The van der Waals surface area contributed by atoms with Gasteiger partial charge in [0.1, 0.15) is 5.82 Å². The zero-order chi connectivity index (χ0) is 19.4. The molecule has 27 heavy (non-hydrogen) atoms. The van der Waals surface area contributed by atoms with Crippen LogP contribution in [0, 0.1) is 5.82 Å². The van der Waals surface area contributed by atoms with Crippen LogP contribution in [0.25, 0.3) is 0 Å². The first-order valence-electron chi connectivity index (χ1n) is 9.16. The second-order valence-electron chi connectivity index (χ2n) is 7.15. The summed E-state index contributed by atoms with van der Waals surface area (Å²) in [4.78, 5) is 14.4. The van der Waals surface area contributed by atoms with Crippen molar-refractivity contribution in [2.45, 2.75) is 31.3 Å². The number of hydrogen-bond donors (Lipinski definition) is 2. The van der Waals surface area contributed by atoms with Gasteiger partial charge in [0, 0.05) is 30.2 Å². The molecule has 0 atom stereocenters. The molecule has 0 amide bonds. The molecule has 3 rings (SSSR count). The fourth-order valence-electron chi connectivity index (χ4n) is 3.55. The van der Waals surface area contributed by atoms with E-state index in [1.807, 2.05) is 12.1 Å². The molecule has 6 heteroatoms. The topological polar surface area (TPSA) is 66.6 Å². The zero-order valence-corrected chi connectivity index (χ0v) is 15.9.